The van der Waals surface area contributed by atoms with E-state index in [1.165, 1.54) is 0 Å². The first-order valence-corrected chi connectivity index (χ1v) is 8.06. The third-order valence-corrected chi connectivity index (χ3v) is 4.12. The molecule has 4 nitrogen and oxygen atoms in total. The second kappa shape index (κ2) is 7.73. The number of ether oxygens (including phenoxy) is 2. The van der Waals surface area contributed by atoms with Gasteiger partial charge < -0.3 is 9.47 Å². The number of nitrogens with zero attached hydrogens (tertiary/aromatic N) is 2. The summed E-state index contributed by atoms with van der Waals surface area (Å²) in [4.78, 5) is 0. The van der Waals surface area contributed by atoms with Crippen LogP contribution in [-0.4, -0.2) is 14.2 Å². The molecule has 1 aliphatic carbocycles. The van der Waals surface area contributed by atoms with Crippen LogP contribution in [0.3, 0.4) is 0 Å². The fourth-order valence-corrected chi connectivity index (χ4v) is 3.02. The van der Waals surface area contributed by atoms with Gasteiger partial charge in [0.05, 0.1) is 14.2 Å². The molecule has 0 N–H and O–H groups in total. The van der Waals surface area contributed by atoms with Crippen LogP contribution in [0, 0.1) is 28.1 Å². The van der Waals surface area contributed by atoms with E-state index >= 15 is 0 Å². The molecule has 25 heavy (non-hydrogen) atoms. The van der Waals surface area contributed by atoms with Crippen LogP contribution in [0.5, 0.6) is 11.5 Å². The highest BCUT2D eigenvalue weighted by molar-refractivity contribution is 5.59. The van der Waals surface area contributed by atoms with Crippen molar-refractivity contribution in [2.24, 2.45) is 5.41 Å². The lowest BCUT2D eigenvalue weighted by atomic mass is 9.74. The van der Waals surface area contributed by atoms with E-state index in [0.717, 1.165) is 41.1 Å². The Morgan fingerprint density at radius 2 is 1.60 bits per heavy atom. The van der Waals surface area contributed by atoms with Gasteiger partial charge in [0.1, 0.15) is 29.2 Å². The summed E-state index contributed by atoms with van der Waals surface area (Å²) in [6.45, 7) is 4.30. The Hall–Kier alpha value is -2.98. The van der Waals surface area contributed by atoms with E-state index in [-0.39, 0.29) is 11.0 Å². The van der Waals surface area contributed by atoms with E-state index in [0.29, 0.717) is 0 Å². The molecular formula is C21H22N2O2. The van der Waals surface area contributed by atoms with Crippen molar-refractivity contribution in [3.05, 3.63) is 52.6 Å². The number of hydrogen-bond acceptors (Lipinski definition) is 4. The number of methoxy groups -OCH3 is 2. The summed E-state index contributed by atoms with van der Waals surface area (Å²) < 4.78 is 10.6. The van der Waals surface area contributed by atoms with Gasteiger partial charge in [0.15, 0.2) is 0 Å². The third kappa shape index (κ3) is 4.75. The zero-order chi connectivity index (χ0) is 18.4. The summed E-state index contributed by atoms with van der Waals surface area (Å²) in [7, 11) is 3.24. The molecule has 1 aromatic rings. The van der Waals surface area contributed by atoms with Gasteiger partial charge >= 0.3 is 0 Å². The lowest BCUT2D eigenvalue weighted by molar-refractivity contribution is 0.354. The lowest BCUT2D eigenvalue weighted by Crippen LogP contribution is -2.17. The zero-order valence-electron chi connectivity index (χ0n) is 15.1. The Labute approximate surface area is 149 Å². The molecule has 128 valence electrons. The number of benzene rings is 1. The van der Waals surface area contributed by atoms with Crippen LogP contribution in [0.1, 0.15) is 32.3 Å². The topological polar surface area (TPSA) is 66.0 Å². The highest BCUT2D eigenvalue weighted by atomic mass is 16.5. The summed E-state index contributed by atoms with van der Waals surface area (Å²) in [5.41, 5.74) is 3.07. The average Bonchev–Trinajstić information content (AvgIpc) is 2.59. The number of allylic oxidation sites excluding steroid dienone is 5. The van der Waals surface area contributed by atoms with Gasteiger partial charge in [-0.3, -0.25) is 0 Å². The molecule has 1 aromatic carbocycles. The monoisotopic (exact) mass is 334 g/mol. The molecule has 0 amide bonds. The van der Waals surface area contributed by atoms with Gasteiger partial charge in [0.25, 0.3) is 0 Å². The number of nitriles is 2. The summed E-state index contributed by atoms with van der Waals surface area (Å²) in [6.07, 6.45) is 7.60. The standard InChI is InChI=1S/C21H22N2O2/c1-21(2)11-16(7-17(12-21)18(13-22)14-23)6-5-15-8-19(24-3)10-20(9-15)25-4/h5-10H,11-12H2,1-4H3/b6-5+. The van der Waals surface area contributed by atoms with Gasteiger partial charge in [-0.05, 0) is 47.1 Å². The van der Waals surface area contributed by atoms with Gasteiger partial charge in [-0.25, -0.2) is 0 Å². The summed E-state index contributed by atoms with van der Waals surface area (Å²) >= 11 is 0. The van der Waals surface area contributed by atoms with E-state index in [1.54, 1.807) is 14.2 Å². The number of hydrogen-bond donors (Lipinski definition) is 0. The van der Waals surface area contributed by atoms with Crippen molar-refractivity contribution in [3.8, 4) is 23.6 Å². The molecule has 0 bridgehead atoms. The van der Waals surface area contributed by atoms with Crippen molar-refractivity contribution in [1.82, 2.24) is 0 Å². The van der Waals surface area contributed by atoms with Crippen LogP contribution >= 0.6 is 0 Å². The first kappa shape index (κ1) is 18.4. The quantitative estimate of drug-likeness (QED) is 0.741. The Morgan fingerprint density at radius 3 is 2.12 bits per heavy atom. The normalized spacial score (nSPS) is 15.9. The molecule has 0 unspecified atom stereocenters. The van der Waals surface area contributed by atoms with Gasteiger partial charge in [0, 0.05) is 6.07 Å². The number of rotatable bonds is 4. The van der Waals surface area contributed by atoms with Crippen LogP contribution in [0.4, 0.5) is 0 Å². The fraction of sp³-hybridized carbons (Fsp3) is 0.333. The van der Waals surface area contributed by atoms with Crippen LogP contribution in [0.25, 0.3) is 6.08 Å². The summed E-state index contributed by atoms with van der Waals surface area (Å²) in [5.74, 6) is 1.46. The fourth-order valence-electron chi connectivity index (χ4n) is 3.02. The van der Waals surface area contributed by atoms with E-state index in [2.05, 4.69) is 13.8 Å². The van der Waals surface area contributed by atoms with E-state index < -0.39 is 0 Å². The Bertz CT molecular complexity index is 792. The van der Waals surface area contributed by atoms with E-state index in [4.69, 9.17) is 20.0 Å². The second-order valence-electron chi connectivity index (χ2n) is 6.84. The first-order chi connectivity index (χ1) is 11.9. The van der Waals surface area contributed by atoms with Crippen molar-refractivity contribution in [2.45, 2.75) is 26.7 Å². The molecule has 0 radical (unpaired) electrons. The molecule has 0 fully saturated rings. The van der Waals surface area contributed by atoms with Crippen LogP contribution < -0.4 is 9.47 Å². The minimum Gasteiger partial charge on any atom is -0.497 e. The van der Waals surface area contributed by atoms with Crippen LogP contribution in [0.15, 0.2) is 47.1 Å². The minimum absolute atomic E-state index is 0.00870. The molecule has 0 spiro atoms. The van der Waals surface area contributed by atoms with Crippen molar-refractivity contribution in [2.75, 3.05) is 14.2 Å². The Kier molecular flexibility index (Phi) is 5.67. The highest BCUT2D eigenvalue weighted by Gasteiger charge is 2.26. The molecule has 2 rings (SSSR count). The average molecular weight is 334 g/mol. The predicted octanol–water partition coefficient (Wildman–Crippen LogP) is 4.81. The van der Waals surface area contributed by atoms with Crippen molar-refractivity contribution >= 4 is 6.08 Å². The molecule has 4 heteroatoms. The Balaban J connectivity index is 2.38. The Morgan fingerprint density at radius 1 is 1.00 bits per heavy atom. The van der Waals surface area contributed by atoms with Crippen LogP contribution in [-0.2, 0) is 0 Å². The summed E-state index contributed by atoms with van der Waals surface area (Å²) in [6, 6.07) is 9.69. The molecule has 1 aliphatic rings. The molecule has 0 heterocycles. The highest BCUT2D eigenvalue weighted by Crippen LogP contribution is 2.39. The van der Waals surface area contributed by atoms with Gasteiger partial charge in [-0.1, -0.05) is 32.1 Å². The maximum Gasteiger partial charge on any atom is 0.132 e. The third-order valence-electron chi connectivity index (χ3n) is 4.12. The minimum atomic E-state index is 0.00870. The molecule has 0 saturated heterocycles. The molecular weight excluding hydrogens is 312 g/mol. The maximum atomic E-state index is 9.15. The smallest absolute Gasteiger partial charge is 0.132 e. The van der Waals surface area contributed by atoms with Gasteiger partial charge in [-0.15, -0.1) is 0 Å². The molecule has 0 atom stereocenters. The van der Waals surface area contributed by atoms with Crippen molar-refractivity contribution in [1.29, 1.82) is 10.5 Å². The summed E-state index contributed by atoms with van der Waals surface area (Å²) in [5, 5.41) is 18.3. The van der Waals surface area contributed by atoms with E-state index in [1.807, 2.05) is 48.6 Å². The SMILES string of the molecule is COc1cc(/C=C/C2=CC(=C(C#N)C#N)CC(C)(C)C2)cc(OC)c1. The molecule has 0 aliphatic heterocycles. The van der Waals surface area contributed by atoms with Crippen molar-refractivity contribution in [3.63, 3.8) is 0 Å². The second-order valence-corrected chi connectivity index (χ2v) is 6.84. The predicted molar refractivity (Wildman–Crippen MR) is 97.9 cm³/mol. The first-order valence-electron chi connectivity index (χ1n) is 8.06. The van der Waals surface area contributed by atoms with Gasteiger partial charge in [-0.2, -0.15) is 10.5 Å². The molecule has 0 aromatic heterocycles. The van der Waals surface area contributed by atoms with Gasteiger partial charge in [0.2, 0.25) is 0 Å². The molecule has 0 saturated carbocycles. The van der Waals surface area contributed by atoms with Crippen LogP contribution in [0.2, 0.25) is 0 Å². The maximum absolute atomic E-state index is 9.15. The lowest BCUT2D eigenvalue weighted by Gasteiger charge is -2.30. The van der Waals surface area contributed by atoms with Crippen molar-refractivity contribution < 1.29 is 9.47 Å². The van der Waals surface area contributed by atoms with E-state index in [9.17, 15) is 0 Å². The zero-order valence-corrected chi connectivity index (χ0v) is 15.1. The largest absolute Gasteiger partial charge is 0.497 e.